The molecule has 1 rings (SSSR count). The van der Waals surface area contributed by atoms with Crippen LogP contribution in [0.15, 0.2) is 29.2 Å². The fourth-order valence-corrected chi connectivity index (χ4v) is 2.53. The summed E-state index contributed by atoms with van der Waals surface area (Å²) in [6, 6.07) is 6.06. The number of rotatable bonds is 5. The Bertz CT molecular complexity index is 506. The number of hydrogen-bond donors (Lipinski definition) is 1. The lowest BCUT2D eigenvalue weighted by atomic mass is 10.0. The Balaban J connectivity index is 3.34. The second kappa shape index (κ2) is 5.29. The molecule has 0 bridgehead atoms. The third kappa shape index (κ3) is 3.28. The number of sulfone groups is 1. The highest BCUT2D eigenvalue weighted by atomic mass is 32.2. The zero-order valence-electron chi connectivity index (χ0n) is 9.58. The van der Waals surface area contributed by atoms with Crippen molar-refractivity contribution in [3.8, 4) is 0 Å². The summed E-state index contributed by atoms with van der Waals surface area (Å²) < 4.78 is 27.9. The molecule has 0 aromatic heterocycles. The monoisotopic (exact) mass is 258 g/mol. The van der Waals surface area contributed by atoms with Gasteiger partial charge in [0, 0.05) is 13.4 Å². The summed E-state index contributed by atoms with van der Waals surface area (Å²) in [5, 5.41) is 9.07. The standard InChI is InChI=1S/C11H14O5S/c1-16-7-9(11(12)13)8-5-3-4-6-10(8)17(2,14)15/h3-6,9H,7H2,1-2H3,(H,12,13). The minimum atomic E-state index is -3.45. The Morgan fingerprint density at radius 3 is 2.47 bits per heavy atom. The SMILES string of the molecule is COCC(C(=O)O)c1ccccc1S(C)(=O)=O. The molecule has 0 radical (unpaired) electrons. The van der Waals surface area contributed by atoms with E-state index in [0.29, 0.717) is 0 Å². The summed E-state index contributed by atoms with van der Waals surface area (Å²) in [6.45, 7) is -0.0676. The largest absolute Gasteiger partial charge is 0.481 e. The molecule has 6 heteroatoms. The third-order valence-electron chi connectivity index (χ3n) is 2.33. The van der Waals surface area contributed by atoms with Crippen molar-refractivity contribution >= 4 is 15.8 Å². The van der Waals surface area contributed by atoms with Crippen molar-refractivity contribution < 1.29 is 23.1 Å². The molecule has 0 fully saturated rings. The summed E-state index contributed by atoms with van der Waals surface area (Å²) in [5.74, 6) is -2.09. The molecule has 1 unspecified atom stereocenters. The van der Waals surface area contributed by atoms with E-state index in [-0.39, 0.29) is 17.1 Å². The van der Waals surface area contributed by atoms with Gasteiger partial charge in [-0.05, 0) is 11.6 Å². The first-order valence-corrected chi connectivity index (χ1v) is 6.77. The molecule has 0 heterocycles. The lowest BCUT2D eigenvalue weighted by Gasteiger charge is -2.14. The highest BCUT2D eigenvalue weighted by molar-refractivity contribution is 7.90. The van der Waals surface area contributed by atoms with Gasteiger partial charge in [-0.3, -0.25) is 4.79 Å². The van der Waals surface area contributed by atoms with Crippen LogP contribution in [0.2, 0.25) is 0 Å². The molecule has 1 atom stereocenters. The number of ether oxygens (including phenoxy) is 1. The molecule has 5 nitrogen and oxygen atoms in total. The molecule has 1 aromatic rings. The van der Waals surface area contributed by atoms with E-state index in [9.17, 15) is 13.2 Å². The van der Waals surface area contributed by atoms with Crippen LogP contribution in [0.5, 0.6) is 0 Å². The van der Waals surface area contributed by atoms with Gasteiger partial charge in [-0.15, -0.1) is 0 Å². The van der Waals surface area contributed by atoms with Crippen molar-refractivity contribution in [2.24, 2.45) is 0 Å². The van der Waals surface area contributed by atoms with E-state index >= 15 is 0 Å². The Labute approximate surface area is 100.0 Å². The smallest absolute Gasteiger partial charge is 0.313 e. The highest BCUT2D eigenvalue weighted by Gasteiger charge is 2.25. The van der Waals surface area contributed by atoms with Gasteiger partial charge in [0.15, 0.2) is 9.84 Å². The molecule has 0 amide bonds. The van der Waals surface area contributed by atoms with Crippen molar-refractivity contribution in [1.29, 1.82) is 0 Å². The van der Waals surface area contributed by atoms with Crippen molar-refractivity contribution in [1.82, 2.24) is 0 Å². The van der Waals surface area contributed by atoms with Gasteiger partial charge in [-0.1, -0.05) is 18.2 Å². The van der Waals surface area contributed by atoms with Crippen LogP contribution in [0.3, 0.4) is 0 Å². The molecule has 1 N–H and O–H groups in total. The van der Waals surface area contributed by atoms with Crippen LogP contribution in [0.25, 0.3) is 0 Å². The Morgan fingerprint density at radius 1 is 1.41 bits per heavy atom. The molecule has 1 aromatic carbocycles. The predicted molar refractivity (Wildman–Crippen MR) is 61.8 cm³/mol. The van der Waals surface area contributed by atoms with Gasteiger partial charge in [0.25, 0.3) is 0 Å². The molecule has 0 spiro atoms. The molecular formula is C11H14O5S. The van der Waals surface area contributed by atoms with Crippen molar-refractivity contribution in [3.05, 3.63) is 29.8 Å². The van der Waals surface area contributed by atoms with E-state index in [1.54, 1.807) is 12.1 Å². The first-order chi connectivity index (χ1) is 7.88. The van der Waals surface area contributed by atoms with Crippen LogP contribution in [-0.2, 0) is 19.4 Å². The summed E-state index contributed by atoms with van der Waals surface area (Å²) >= 11 is 0. The molecular weight excluding hydrogens is 244 g/mol. The fourth-order valence-electron chi connectivity index (χ4n) is 1.57. The predicted octanol–water partition coefficient (Wildman–Crippen LogP) is 0.905. The second-order valence-corrected chi connectivity index (χ2v) is 5.64. The molecule has 94 valence electrons. The van der Waals surface area contributed by atoms with Gasteiger partial charge in [-0.2, -0.15) is 0 Å². The number of methoxy groups -OCH3 is 1. The summed E-state index contributed by atoms with van der Waals surface area (Å²) in [5.41, 5.74) is 0.254. The van der Waals surface area contributed by atoms with E-state index < -0.39 is 21.7 Å². The van der Waals surface area contributed by atoms with E-state index in [1.807, 2.05) is 0 Å². The average Bonchev–Trinajstić information content (AvgIpc) is 2.24. The van der Waals surface area contributed by atoms with Crippen LogP contribution in [0, 0.1) is 0 Å². The average molecular weight is 258 g/mol. The van der Waals surface area contributed by atoms with E-state index in [4.69, 9.17) is 9.84 Å². The van der Waals surface area contributed by atoms with Gasteiger partial charge in [0.05, 0.1) is 11.5 Å². The van der Waals surface area contributed by atoms with Crippen LogP contribution in [0.4, 0.5) is 0 Å². The minimum Gasteiger partial charge on any atom is -0.481 e. The number of aliphatic carboxylic acids is 1. The molecule has 0 aliphatic heterocycles. The minimum absolute atomic E-state index is 0.0319. The van der Waals surface area contributed by atoms with Crippen LogP contribution < -0.4 is 0 Å². The normalized spacial score (nSPS) is 13.3. The van der Waals surface area contributed by atoms with Crippen molar-refractivity contribution in [3.63, 3.8) is 0 Å². The van der Waals surface area contributed by atoms with Crippen LogP contribution in [-0.4, -0.2) is 39.5 Å². The topological polar surface area (TPSA) is 80.7 Å². The van der Waals surface area contributed by atoms with E-state index in [0.717, 1.165) is 6.26 Å². The van der Waals surface area contributed by atoms with Gasteiger partial charge in [0.1, 0.15) is 5.92 Å². The second-order valence-electron chi connectivity index (χ2n) is 3.66. The third-order valence-corrected chi connectivity index (χ3v) is 3.50. The first kappa shape index (κ1) is 13.7. The van der Waals surface area contributed by atoms with Crippen molar-refractivity contribution in [2.45, 2.75) is 10.8 Å². The first-order valence-electron chi connectivity index (χ1n) is 4.88. The number of carbonyl (C=O) groups is 1. The lowest BCUT2D eigenvalue weighted by molar-refractivity contribution is -0.140. The van der Waals surface area contributed by atoms with Gasteiger partial charge in [0.2, 0.25) is 0 Å². The number of carboxylic acids is 1. The van der Waals surface area contributed by atoms with E-state index in [1.165, 1.54) is 19.2 Å². The molecule has 0 aliphatic rings. The zero-order chi connectivity index (χ0) is 13.1. The van der Waals surface area contributed by atoms with Gasteiger partial charge >= 0.3 is 5.97 Å². The molecule has 0 aliphatic carbocycles. The maximum atomic E-state index is 11.6. The maximum Gasteiger partial charge on any atom is 0.313 e. The Kier molecular flexibility index (Phi) is 4.25. The maximum absolute atomic E-state index is 11.6. The summed E-state index contributed by atoms with van der Waals surface area (Å²) in [4.78, 5) is 11.1. The highest BCUT2D eigenvalue weighted by Crippen LogP contribution is 2.24. The molecule has 17 heavy (non-hydrogen) atoms. The van der Waals surface area contributed by atoms with Crippen LogP contribution in [0.1, 0.15) is 11.5 Å². The van der Waals surface area contributed by atoms with Gasteiger partial charge in [-0.25, -0.2) is 8.42 Å². The van der Waals surface area contributed by atoms with Gasteiger partial charge < -0.3 is 9.84 Å². The Morgan fingerprint density at radius 2 is 2.00 bits per heavy atom. The molecule has 0 saturated heterocycles. The molecule has 0 saturated carbocycles. The Hall–Kier alpha value is -1.40. The summed E-state index contributed by atoms with van der Waals surface area (Å²) in [7, 11) is -2.08. The lowest BCUT2D eigenvalue weighted by Crippen LogP contribution is -2.19. The quantitative estimate of drug-likeness (QED) is 0.848. The number of hydrogen-bond acceptors (Lipinski definition) is 4. The number of carboxylic acid groups (broad SMARTS) is 1. The van der Waals surface area contributed by atoms with Crippen LogP contribution >= 0.6 is 0 Å². The van der Waals surface area contributed by atoms with E-state index in [2.05, 4.69) is 0 Å². The summed E-state index contributed by atoms with van der Waals surface area (Å²) in [6.07, 6.45) is 1.05. The fraction of sp³-hybridized carbons (Fsp3) is 0.364. The number of benzene rings is 1. The van der Waals surface area contributed by atoms with Crippen molar-refractivity contribution in [2.75, 3.05) is 20.0 Å². The zero-order valence-corrected chi connectivity index (χ0v) is 10.4.